The van der Waals surface area contributed by atoms with Crippen LogP contribution in [-0.2, 0) is 9.47 Å². The fourth-order valence-electron chi connectivity index (χ4n) is 5.84. The molecule has 2 heterocycles. The highest BCUT2D eigenvalue weighted by Gasteiger charge is 2.22. The van der Waals surface area contributed by atoms with Gasteiger partial charge < -0.3 is 51.0 Å². The Morgan fingerprint density at radius 3 is 1.38 bits per heavy atom. The second kappa shape index (κ2) is 17.7. The van der Waals surface area contributed by atoms with E-state index in [4.69, 9.17) is 40.6 Å². The van der Waals surface area contributed by atoms with Crippen LogP contribution in [0.2, 0.25) is 0 Å². The van der Waals surface area contributed by atoms with Crippen LogP contribution in [0.25, 0.3) is 21.9 Å². The molecule has 16 heteroatoms. The molecule has 0 saturated heterocycles. The maximum atomic E-state index is 12.5. The van der Waals surface area contributed by atoms with Gasteiger partial charge in [-0.15, -0.1) is 0 Å². The minimum Gasteiger partial charge on any atom is -0.451 e. The largest absolute Gasteiger partial charge is 0.451 e. The number of amidine groups is 2. The lowest BCUT2D eigenvalue weighted by Crippen LogP contribution is -2.34. The molecule has 0 atom stereocenters. The van der Waals surface area contributed by atoms with Gasteiger partial charge in [0, 0.05) is 48.1 Å². The normalized spacial score (nSPS) is 15.9. The predicted molar refractivity (Wildman–Crippen MR) is 193 cm³/mol. The van der Waals surface area contributed by atoms with Crippen LogP contribution < -0.4 is 32.7 Å². The third-order valence-corrected chi connectivity index (χ3v) is 8.57. The van der Waals surface area contributed by atoms with Crippen LogP contribution in [0.15, 0.2) is 57.4 Å². The number of nitrogen functional groups attached to an aromatic ring is 2. The standard InChI is InChI=1S/C36H44N8O8/c37-31(38)21-9-11-27-23(17-21)19-29(51-27)33(45)41-13-3-15-43-35(47)49-25-5-1-6-26(8-2-7-25)50-36(48)44-16-4-14-42-34(46)30-20-24-18-22(32(39)40)10-12-28(24)52-30/h9-12,17-20,25-26H,1-8,13-16H2,(H3,37,38)(H3,39,40)(H,41,45)(H,42,46)(H,43,47)(H,44,48). The van der Waals surface area contributed by atoms with Crippen molar-refractivity contribution in [3.63, 3.8) is 0 Å². The molecule has 1 aliphatic rings. The highest BCUT2D eigenvalue weighted by Crippen LogP contribution is 2.23. The van der Waals surface area contributed by atoms with Gasteiger partial charge in [-0.2, -0.15) is 0 Å². The van der Waals surface area contributed by atoms with Gasteiger partial charge in [0.25, 0.3) is 11.8 Å². The van der Waals surface area contributed by atoms with E-state index in [-0.39, 0.29) is 47.2 Å². The van der Waals surface area contributed by atoms with Crippen LogP contribution >= 0.6 is 0 Å². The minimum absolute atomic E-state index is 0.0699. The average molecular weight is 717 g/mol. The Hall–Kier alpha value is -6.06. The summed E-state index contributed by atoms with van der Waals surface area (Å²) in [6.45, 7) is 1.27. The molecule has 0 radical (unpaired) electrons. The summed E-state index contributed by atoms with van der Waals surface area (Å²) in [6, 6.07) is 13.2. The van der Waals surface area contributed by atoms with Gasteiger partial charge in [0.1, 0.15) is 35.0 Å². The van der Waals surface area contributed by atoms with Crippen molar-refractivity contribution >= 4 is 57.6 Å². The number of alkyl carbamates (subject to hydrolysis) is 2. The number of furan rings is 2. The van der Waals surface area contributed by atoms with E-state index in [0.29, 0.717) is 97.8 Å². The van der Waals surface area contributed by atoms with Crippen LogP contribution in [0, 0.1) is 10.8 Å². The summed E-state index contributed by atoms with van der Waals surface area (Å²) in [5.41, 5.74) is 13.2. The van der Waals surface area contributed by atoms with E-state index in [0.717, 1.165) is 12.8 Å². The monoisotopic (exact) mass is 716 g/mol. The molecule has 276 valence electrons. The fourth-order valence-corrected chi connectivity index (χ4v) is 5.84. The number of hydrogen-bond acceptors (Lipinski definition) is 10. The summed E-state index contributed by atoms with van der Waals surface area (Å²) in [7, 11) is 0. The van der Waals surface area contributed by atoms with Gasteiger partial charge in [0.15, 0.2) is 11.5 Å². The van der Waals surface area contributed by atoms with Crippen molar-refractivity contribution in [3.05, 3.63) is 71.2 Å². The quantitative estimate of drug-likeness (QED) is 0.0523. The zero-order valence-corrected chi connectivity index (χ0v) is 28.7. The summed E-state index contributed by atoms with van der Waals surface area (Å²) >= 11 is 0. The van der Waals surface area contributed by atoms with Crippen molar-refractivity contribution in [1.29, 1.82) is 10.8 Å². The first-order valence-corrected chi connectivity index (χ1v) is 17.3. The summed E-state index contributed by atoms with van der Waals surface area (Å²) in [4.78, 5) is 49.7. The Balaban J connectivity index is 0.896. The maximum Gasteiger partial charge on any atom is 0.407 e. The topological polar surface area (TPSA) is 261 Å². The highest BCUT2D eigenvalue weighted by atomic mass is 16.6. The molecule has 0 unspecified atom stereocenters. The number of benzene rings is 2. The van der Waals surface area contributed by atoms with Crippen LogP contribution in [-0.4, -0.2) is 74.1 Å². The van der Waals surface area contributed by atoms with Gasteiger partial charge in [-0.05, 0) is 99.9 Å². The Labute approximate surface area is 299 Å². The first-order valence-electron chi connectivity index (χ1n) is 17.3. The lowest BCUT2D eigenvalue weighted by atomic mass is 9.96. The van der Waals surface area contributed by atoms with Gasteiger partial charge in [0.05, 0.1) is 0 Å². The van der Waals surface area contributed by atoms with Gasteiger partial charge in [-0.1, -0.05) is 0 Å². The van der Waals surface area contributed by atoms with Gasteiger partial charge in [-0.25, -0.2) is 9.59 Å². The van der Waals surface area contributed by atoms with Crippen LogP contribution in [0.4, 0.5) is 9.59 Å². The minimum atomic E-state index is -0.514. The SMILES string of the molecule is N=C(N)c1ccc2oc(C(=O)NCCCNC(=O)OC3CCCC(OC(=O)NCCCNC(=O)c4cc5cc(C(=N)N)ccc5o4)CCC3)cc2c1. The first kappa shape index (κ1) is 37.2. The molecule has 1 aliphatic carbocycles. The first-order chi connectivity index (χ1) is 25.0. The molecule has 1 saturated carbocycles. The van der Waals surface area contributed by atoms with E-state index < -0.39 is 12.2 Å². The number of fused-ring (bicyclic) bond motifs is 2. The van der Waals surface area contributed by atoms with Crippen molar-refractivity contribution in [1.82, 2.24) is 21.3 Å². The maximum absolute atomic E-state index is 12.5. The van der Waals surface area contributed by atoms with Crippen LogP contribution in [0.5, 0.6) is 0 Å². The molecule has 1 fully saturated rings. The molecule has 2 aromatic heterocycles. The zero-order chi connectivity index (χ0) is 37.0. The molecular weight excluding hydrogens is 672 g/mol. The van der Waals surface area contributed by atoms with E-state index >= 15 is 0 Å². The number of ether oxygens (including phenoxy) is 2. The van der Waals surface area contributed by atoms with E-state index in [1.165, 1.54) is 0 Å². The predicted octanol–water partition coefficient (Wildman–Crippen LogP) is 4.23. The number of nitrogens with one attached hydrogen (secondary N) is 6. The number of rotatable bonds is 14. The highest BCUT2D eigenvalue weighted by molar-refractivity contribution is 6.02. The summed E-state index contributed by atoms with van der Waals surface area (Å²) in [5, 5.41) is 27.4. The van der Waals surface area contributed by atoms with E-state index in [1.54, 1.807) is 48.5 Å². The van der Waals surface area contributed by atoms with Gasteiger partial charge in [0.2, 0.25) is 0 Å². The van der Waals surface area contributed by atoms with Crippen molar-refractivity contribution in [2.45, 2.75) is 63.6 Å². The van der Waals surface area contributed by atoms with E-state index in [1.807, 2.05) is 0 Å². The smallest absolute Gasteiger partial charge is 0.407 e. The number of amides is 4. The summed E-state index contributed by atoms with van der Waals surface area (Å²) in [5.74, 6) is -0.615. The molecule has 5 rings (SSSR count). The van der Waals surface area contributed by atoms with Gasteiger partial charge in [-0.3, -0.25) is 20.4 Å². The third-order valence-electron chi connectivity index (χ3n) is 8.57. The van der Waals surface area contributed by atoms with Crippen molar-refractivity contribution < 1.29 is 37.5 Å². The fraction of sp³-hybridized carbons (Fsp3) is 0.389. The third kappa shape index (κ3) is 10.5. The lowest BCUT2D eigenvalue weighted by molar-refractivity contribution is 0.0532. The summed E-state index contributed by atoms with van der Waals surface area (Å²) < 4.78 is 22.4. The molecular formula is C36H44N8O8. The Kier molecular flexibility index (Phi) is 12.7. The lowest BCUT2D eigenvalue weighted by Gasteiger charge is -2.25. The molecule has 4 aromatic rings. The number of carbonyl (C=O) groups is 4. The number of nitrogens with two attached hydrogens (primary N) is 2. The number of carbonyl (C=O) groups excluding carboxylic acids is 4. The average Bonchev–Trinajstić information content (AvgIpc) is 3.74. The molecule has 52 heavy (non-hydrogen) atoms. The van der Waals surface area contributed by atoms with Crippen LogP contribution in [0.1, 0.15) is 83.6 Å². The van der Waals surface area contributed by atoms with Crippen molar-refractivity contribution in [2.75, 3.05) is 26.2 Å². The molecule has 16 nitrogen and oxygen atoms in total. The Morgan fingerprint density at radius 1 is 0.615 bits per heavy atom. The van der Waals surface area contributed by atoms with E-state index in [2.05, 4.69) is 21.3 Å². The van der Waals surface area contributed by atoms with Crippen molar-refractivity contribution in [2.24, 2.45) is 11.5 Å². The zero-order valence-electron chi connectivity index (χ0n) is 28.7. The Bertz CT molecular complexity index is 1790. The molecule has 10 N–H and O–H groups in total. The second-order valence-corrected chi connectivity index (χ2v) is 12.5. The second-order valence-electron chi connectivity index (χ2n) is 12.5. The summed E-state index contributed by atoms with van der Waals surface area (Å²) in [6.07, 6.45) is 3.54. The molecule has 0 bridgehead atoms. The molecule has 4 amide bonds. The van der Waals surface area contributed by atoms with Crippen LogP contribution in [0.3, 0.4) is 0 Å². The Morgan fingerprint density at radius 2 is 1.00 bits per heavy atom. The molecule has 0 spiro atoms. The van der Waals surface area contributed by atoms with Crippen molar-refractivity contribution in [3.8, 4) is 0 Å². The molecule has 0 aliphatic heterocycles. The number of hydrogen-bond donors (Lipinski definition) is 8. The molecule has 2 aromatic carbocycles. The van der Waals surface area contributed by atoms with E-state index in [9.17, 15) is 19.2 Å². The van der Waals surface area contributed by atoms with Gasteiger partial charge >= 0.3 is 12.2 Å².